The third-order valence-corrected chi connectivity index (χ3v) is 19.9. The molecule has 0 aliphatic carbocycles. The molecule has 17 nitrogen and oxygen atoms in total. The molecule has 0 aromatic heterocycles. The molecule has 0 spiro atoms. The maximum Gasteiger partial charge on any atom is 0.472 e. The van der Waals surface area contributed by atoms with E-state index in [0.29, 0.717) is 31.6 Å². The summed E-state index contributed by atoms with van der Waals surface area (Å²) in [7, 11) is -9.93. The van der Waals surface area contributed by atoms with Gasteiger partial charge in [-0.05, 0) is 69.1 Å². The second kappa shape index (κ2) is 69.9. The average molecular weight is 1450 g/mol. The van der Waals surface area contributed by atoms with Crippen molar-refractivity contribution >= 4 is 39.5 Å². The van der Waals surface area contributed by atoms with Gasteiger partial charge in [0.2, 0.25) is 0 Å². The lowest BCUT2D eigenvalue weighted by Crippen LogP contribution is -2.30. The van der Waals surface area contributed by atoms with Crippen molar-refractivity contribution in [1.82, 2.24) is 0 Å². The molecular formula is C80H152O17P2. The largest absolute Gasteiger partial charge is 0.472 e. The number of esters is 4. The van der Waals surface area contributed by atoms with Gasteiger partial charge in [-0.2, -0.15) is 0 Å². The monoisotopic (exact) mass is 1450 g/mol. The van der Waals surface area contributed by atoms with Crippen molar-refractivity contribution in [2.75, 3.05) is 39.6 Å². The van der Waals surface area contributed by atoms with E-state index in [0.717, 1.165) is 121 Å². The van der Waals surface area contributed by atoms with Gasteiger partial charge in [-0.1, -0.05) is 336 Å². The van der Waals surface area contributed by atoms with E-state index in [-0.39, 0.29) is 25.7 Å². The Bertz CT molecular complexity index is 2020. The van der Waals surface area contributed by atoms with Gasteiger partial charge in [-0.3, -0.25) is 37.3 Å². The van der Waals surface area contributed by atoms with Crippen LogP contribution in [-0.2, 0) is 65.4 Å². The Morgan fingerprint density at radius 3 is 0.818 bits per heavy atom. The second-order valence-corrected chi connectivity index (χ2v) is 32.5. The highest BCUT2D eigenvalue weighted by Gasteiger charge is 2.30. The van der Waals surface area contributed by atoms with Crippen LogP contribution >= 0.6 is 15.6 Å². The normalized spacial score (nSPS) is 14.2. The molecule has 0 bridgehead atoms. The number of unbranched alkanes of at least 4 members (excludes halogenated alkanes) is 41. The molecule has 99 heavy (non-hydrogen) atoms. The Morgan fingerprint density at radius 2 is 0.545 bits per heavy atom. The zero-order chi connectivity index (χ0) is 73.0. The maximum absolute atomic E-state index is 13.1. The number of aliphatic hydroxyl groups is 1. The summed E-state index contributed by atoms with van der Waals surface area (Å²) in [5, 5.41) is 10.6. The Labute approximate surface area is 605 Å². The summed E-state index contributed by atoms with van der Waals surface area (Å²) in [4.78, 5) is 72.9. The first-order valence-electron chi connectivity index (χ1n) is 40.7. The average Bonchev–Trinajstić information content (AvgIpc) is 1.01. The number of allylic oxidation sites excluding steroid dienone is 4. The molecule has 0 aromatic carbocycles. The Balaban J connectivity index is 5.28. The van der Waals surface area contributed by atoms with Crippen LogP contribution in [0.1, 0.15) is 389 Å². The molecule has 584 valence electrons. The molecule has 0 heterocycles. The second-order valence-electron chi connectivity index (χ2n) is 29.5. The maximum atomic E-state index is 13.1. The summed E-state index contributed by atoms with van der Waals surface area (Å²) < 4.78 is 68.6. The fourth-order valence-electron chi connectivity index (χ4n) is 11.8. The van der Waals surface area contributed by atoms with E-state index in [4.69, 9.17) is 37.0 Å². The number of phosphoric acid groups is 2. The zero-order valence-corrected chi connectivity index (χ0v) is 66.2. The lowest BCUT2D eigenvalue weighted by molar-refractivity contribution is -0.161. The molecular weight excluding hydrogens is 1290 g/mol. The van der Waals surface area contributed by atoms with Gasteiger partial charge in [-0.15, -0.1) is 0 Å². The minimum Gasteiger partial charge on any atom is -0.462 e. The molecule has 3 N–H and O–H groups in total. The van der Waals surface area contributed by atoms with E-state index in [1.165, 1.54) is 180 Å². The van der Waals surface area contributed by atoms with Gasteiger partial charge in [-0.25, -0.2) is 9.13 Å². The standard InChI is InChI=1S/C80H152O17P2/c1-8-9-10-11-12-13-14-15-17-23-29-34-41-49-56-63-80(85)97-76(68-91-78(83)62-55-48-43-36-39-46-53-60-73(6)7)70-95-99(88,89)93-66-74(81)65-92-98(86,87)94-69-75(67-90-77(82)61-54-47-40-33-28-25-20-22-27-32-38-45-52-59-72(4)5)96-79(84)64-57-50-42-35-30-24-19-16-18-21-26-31-37-44-51-58-71(2)3/h13-15,17,71-76,81H,8-12,16,18-70H2,1-7H3,(H,86,87)(H,88,89)/b14-13-,17-15-/t74?,75-,76-/m1/s1. The highest BCUT2D eigenvalue weighted by Crippen LogP contribution is 2.45. The number of ether oxygens (including phenoxy) is 4. The van der Waals surface area contributed by atoms with E-state index in [2.05, 4.69) is 72.8 Å². The van der Waals surface area contributed by atoms with Gasteiger partial charge in [0, 0.05) is 25.7 Å². The minimum absolute atomic E-state index is 0.0841. The van der Waals surface area contributed by atoms with Gasteiger partial charge in [0.25, 0.3) is 0 Å². The molecule has 0 aromatic rings. The highest BCUT2D eigenvalue weighted by atomic mass is 31.2. The van der Waals surface area contributed by atoms with Crippen molar-refractivity contribution in [3.8, 4) is 0 Å². The van der Waals surface area contributed by atoms with Crippen LogP contribution in [0.3, 0.4) is 0 Å². The van der Waals surface area contributed by atoms with Crippen LogP contribution in [0.2, 0.25) is 0 Å². The van der Waals surface area contributed by atoms with Crippen molar-refractivity contribution in [3.05, 3.63) is 24.3 Å². The molecule has 0 fully saturated rings. The molecule has 3 unspecified atom stereocenters. The first kappa shape index (κ1) is 96.5. The zero-order valence-electron chi connectivity index (χ0n) is 64.4. The van der Waals surface area contributed by atoms with Crippen LogP contribution in [-0.4, -0.2) is 96.7 Å². The third kappa shape index (κ3) is 73.6. The van der Waals surface area contributed by atoms with E-state index in [1.807, 2.05) is 0 Å². The van der Waals surface area contributed by atoms with Gasteiger partial charge >= 0.3 is 39.5 Å². The Hall–Kier alpha value is -2.46. The van der Waals surface area contributed by atoms with Crippen LogP contribution < -0.4 is 0 Å². The number of phosphoric ester groups is 2. The van der Waals surface area contributed by atoms with Crippen molar-refractivity contribution in [1.29, 1.82) is 0 Å². The highest BCUT2D eigenvalue weighted by molar-refractivity contribution is 7.47. The third-order valence-electron chi connectivity index (χ3n) is 18.0. The summed E-state index contributed by atoms with van der Waals surface area (Å²) >= 11 is 0. The van der Waals surface area contributed by atoms with Crippen molar-refractivity contribution < 1.29 is 80.2 Å². The van der Waals surface area contributed by atoms with Gasteiger partial charge < -0.3 is 33.8 Å². The van der Waals surface area contributed by atoms with Crippen LogP contribution in [0.15, 0.2) is 24.3 Å². The first-order chi connectivity index (χ1) is 47.7. The topological polar surface area (TPSA) is 237 Å². The molecule has 0 amide bonds. The smallest absolute Gasteiger partial charge is 0.462 e. The Kier molecular flexibility index (Phi) is 68.1. The van der Waals surface area contributed by atoms with Crippen LogP contribution in [0.5, 0.6) is 0 Å². The number of carbonyl (C=O) groups is 4. The predicted molar refractivity (Wildman–Crippen MR) is 404 cm³/mol. The number of hydrogen-bond donors (Lipinski definition) is 3. The van der Waals surface area contributed by atoms with Crippen LogP contribution in [0.4, 0.5) is 0 Å². The van der Waals surface area contributed by atoms with Gasteiger partial charge in [0.1, 0.15) is 19.3 Å². The summed E-state index contributed by atoms with van der Waals surface area (Å²) in [6, 6.07) is 0. The molecule has 0 rings (SSSR count). The number of carbonyl (C=O) groups excluding carboxylic acids is 4. The molecule has 0 radical (unpaired) electrons. The first-order valence-corrected chi connectivity index (χ1v) is 43.7. The van der Waals surface area contributed by atoms with Crippen LogP contribution in [0.25, 0.3) is 0 Å². The summed E-state index contributed by atoms with van der Waals surface area (Å²) in [5.74, 6) is 0.149. The lowest BCUT2D eigenvalue weighted by atomic mass is 10.0. The van der Waals surface area contributed by atoms with E-state index >= 15 is 0 Å². The van der Waals surface area contributed by atoms with E-state index in [9.17, 15) is 43.2 Å². The van der Waals surface area contributed by atoms with Crippen molar-refractivity contribution in [2.24, 2.45) is 17.8 Å². The number of hydrogen-bond acceptors (Lipinski definition) is 15. The minimum atomic E-state index is -4.97. The van der Waals surface area contributed by atoms with Crippen molar-refractivity contribution in [2.45, 2.75) is 407 Å². The van der Waals surface area contributed by atoms with E-state index < -0.39 is 97.5 Å². The summed E-state index contributed by atoms with van der Waals surface area (Å²) in [6.45, 7) is 11.8. The molecule has 0 saturated heterocycles. The fraction of sp³-hybridized carbons (Fsp3) is 0.900. The molecule has 0 saturated carbocycles. The SMILES string of the molecule is CCCCCC/C=C\C=C/CCCCCCCC(=O)O[C@H](COC(=O)CCCCCCCCCC(C)C)COP(=O)(O)OCC(O)COP(=O)(O)OC[C@@H](COC(=O)CCCCCCCCCCCCCCCC(C)C)OC(=O)CCCCCCCCCCCCCCCCCC(C)C. The number of aliphatic hydroxyl groups excluding tert-OH is 1. The number of rotatable bonds is 76. The molecule has 0 aliphatic rings. The molecule has 5 atom stereocenters. The molecule has 19 heteroatoms. The van der Waals surface area contributed by atoms with Gasteiger partial charge in [0.05, 0.1) is 26.4 Å². The van der Waals surface area contributed by atoms with Crippen LogP contribution in [0, 0.1) is 17.8 Å². The van der Waals surface area contributed by atoms with E-state index in [1.54, 1.807) is 0 Å². The lowest BCUT2D eigenvalue weighted by Gasteiger charge is -2.21. The van der Waals surface area contributed by atoms with Gasteiger partial charge in [0.15, 0.2) is 12.2 Å². The molecule has 0 aliphatic heterocycles. The summed E-state index contributed by atoms with van der Waals surface area (Å²) in [5.41, 5.74) is 0. The predicted octanol–water partition coefficient (Wildman–Crippen LogP) is 23.3. The quantitative estimate of drug-likeness (QED) is 0.0169. The Morgan fingerprint density at radius 1 is 0.313 bits per heavy atom. The summed E-state index contributed by atoms with van der Waals surface area (Å²) in [6.07, 6.45) is 60.5. The van der Waals surface area contributed by atoms with Crippen molar-refractivity contribution in [3.63, 3.8) is 0 Å². The fourth-order valence-corrected chi connectivity index (χ4v) is 13.3.